The van der Waals surface area contributed by atoms with Gasteiger partial charge in [-0.25, -0.2) is 0 Å². The van der Waals surface area contributed by atoms with Crippen LogP contribution in [0.3, 0.4) is 0 Å². The van der Waals surface area contributed by atoms with Crippen molar-refractivity contribution >= 4 is 21.4 Å². The molecule has 0 atom stereocenters. The fourth-order valence-corrected chi connectivity index (χ4v) is 12.8. The Morgan fingerprint density at radius 1 is 0.875 bits per heavy atom. The molecule has 0 bridgehead atoms. The zero-order valence-corrected chi connectivity index (χ0v) is 15.9. The maximum atomic E-state index is 2.47. The average molecular weight is 329 g/mol. The Kier molecular flexibility index (Phi) is 9.31. The molecule has 0 aliphatic carbocycles. The summed E-state index contributed by atoms with van der Waals surface area (Å²) in [5.41, 5.74) is 0. The maximum absolute atomic E-state index is 2.47. The van der Waals surface area contributed by atoms with Gasteiger partial charge in [0.2, 0.25) is 0 Å². The van der Waals surface area contributed by atoms with Crippen LogP contribution in [0.15, 0.2) is 0 Å². The molecule has 0 saturated carbocycles. The molecule has 0 aromatic heterocycles. The SMILES string of the molecule is CC(C)N(C)CCC[CH2][In]([CH](C)C)[CH](C)C. The number of nitrogens with zero attached hydrogens (tertiary/aromatic N) is 1. The second-order valence-corrected chi connectivity index (χ2v) is 19.3. The van der Waals surface area contributed by atoms with Crippen LogP contribution in [0.2, 0.25) is 11.5 Å². The molecular weight excluding hydrogens is 297 g/mol. The summed E-state index contributed by atoms with van der Waals surface area (Å²) in [7, 11) is 2.25. The van der Waals surface area contributed by atoms with Crippen LogP contribution in [0.4, 0.5) is 0 Å². The summed E-state index contributed by atoms with van der Waals surface area (Å²) >= 11 is -1.20. The van der Waals surface area contributed by atoms with Crippen molar-refractivity contribution in [2.24, 2.45) is 0 Å². The number of hydrogen-bond acceptors (Lipinski definition) is 1. The van der Waals surface area contributed by atoms with Crippen molar-refractivity contribution < 1.29 is 0 Å². The van der Waals surface area contributed by atoms with E-state index in [1.54, 1.807) is 4.18 Å². The first-order valence-corrected chi connectivity index (χ1v) is 13.2. The van der Waals surface area contributed by atoms with Crippen LogP contribution in [-0.2, 0) is 0 Å². The van der Waals surface area contributed by atoms with Gasteiger partial charge in [-0.15, -0.1) is 0 Å². The molecule has 96 valence electrons. The molecule has 0 heterocycles. The van der Waals surface area contributed by atoms with Gasteiger partial charge in [0.1, 0.15) is 0 Å². The van der Waals surface area contributed by atoms with Gasteiger partial charge >= 0.3 is 112 Å². The normalized spacial score (nSPS) is 12.2. The van der Waals surface area contributed by atoms with E-state index in [-0.39, 0.29) is 0 Å². The van der Waals surface area contributed by atoms with Gasteiger partial charge in [-0.1, -0.05) is 0 Å². The first kappa shape index (κ1) is 16.8. The molecule has 1 nitrogen and oxygen atoms in total. The average Bonchev–Trinajstić information content (AvgIpc) is 2.15. The topological polar surface area (TPSA) is 3.24 Å². The first-order valence-electron chi connectivity index (χ1n) is 7.06. The van der Waals surface area contributed by atoms with Crippen molar-refractivity contribution in [2.75, 3.05) is 13.6 Å². The van der Waals surface area contributed by atoms with Crippen molar-refractivity contribution in [1.29, 1.82) is 0 Å². The Labute approximate surface area is 112 Å². The van der Waals surface area contributed by atoms with E-state index in [4.69, 9.17) is 0 Å². The van der Waals surface area contributed by atoms with Crippen molar-refractivity contribution in [3.63, 3.8) is 0 Å². The number of rotatable bonds is 8. The monoisotopic (exact) mass is 329 g/mol. The summed E-state index contributed by atoms with van der Waals surface area (Å²) in [4.78, 5) is 2.47. The third kappa shape index (κ3) is 7.21. The molecule has 0 aliphatic rings. The third-order valence-electron chi connectivity index (χ3n) is 3.89. The van der Waals surface area contributed by atoms with E-state index in [1.165, 1.54) is 19.4 Å². The molecule has 0 radical (unpaired) electrons. The molecule has 0 unspecified atom stereocenters. The number of hydrogen-bond donors (Lipinski definition) is 0. The summed E-state index contributed by atoms with van der Waals surface area (Å²) in [5, 5.41) is 0. The quantitative estimate of drug-likeness (QED) is 0.596. The van der Waals surface area contributed by atoms with Gasteiger partial charge in [0, 0.05) is 0 Å². The van der Waals surface area contributed by atoms with E-state index in [2.05, 4.69) is 53.5 Å². The van der Waals surface area contributed by atoms with Crippen LogP contribution >= 0.6 is 0 Å². The summed E-state index contributed by atoms with van der Waals surface area (Å²) in [5.74, 6) is 0. The standard InChI is InChI=1S/C8H18N.2C3H7.In/c1-5-6-7-9(4)8(2)3;2*1-3-2;/h8H,1,5-7H2,2-4H3;2*3H,1-2H3;. The van der Waals surface area contributed by atoms with Crippen molar-refractivity contribution in [1.82, 2.24) is 4.90 Å². The van der Waals surface area contributed by atoms with Crippen LogP contribution in [-0.4, -0.2) is 46.0 Å². The van der Waals surface area contributed by atoms with Crippen LogP contribution in [0.25, 0.3) is 0 Å². The Morgan fingerprint density at radius 2 is 1.38 bits per heavy atom. The van der Waals surface area contributed by atoms with Gasteiger partial charge in [-0.3, -0.25) is 0 Å². The summed E-state index contributed by atoms with van der Waals surface area (Å²) in [6.45, 7) is 15.7. The summed E-state index contributed by atoms with van der Waals surface area (Å²) in [6.07, 6.45) is 2.88. The zero-order chi connectivity index (χ0) is 12.7. The van der Waals surface area contributed by atoms with Crippen molar-refractivity contribution in [3.05, 3.63) is 0 Å². The summed E-state index contributed by atoms with van der Waals surface area (Å²) in [6, 6.07) is 0.703. The van der Waals surface area contributed by atoms with E-state index >= 15 is 0 Å². The Bertz CT molecular complexity index is 158. The van der Waals surface area contributed by atoms with Gasteiger partial charge in [0.25, 0.3) is 0 Å². The van der Waals surface area contributed by atoms with Gasteiger partial charge in [-0.2, -0.15) is 0 Å². The molecule has 0 saturated heterocycles. The first-order chi connectivity index (χ1) is 7.36. The molecular formula is C14H32InN. The Balaban J connectivity index is 3.71. The zero-order valence-electron chi connectivity index (χ0n) is 12.6. The minimum absolute atomic E-state index is 0.703. The molecule has 0 aromatic carbocycles. The Morgan fingerprint density at radius 3 is 1.75 bits per heavy atom. The second kappa shape index (κ2) is 8.85. The molecule has 0 rings (SSSR count). The molecule has 0 fully saturated rings. The van der Waals surface area contributed by atoms with Gasteiger partial charge < -0.3 is 0 Å². The van der Waals surface area contributed by atoms with Crippen LogP contribution in [0.5, 0.6) is 0 Å². The van der Waals surface area contributed by atoms with E-state index in [1.807, 2.05) is 0 Å². The van der Waals surface area contributed by atoms with Crippen molar-refractivity contribution in [3.8, 4) is 0 Å². The number of unbranched alkanes of at least 4 members (excludes halogenated alkanes) is 1. The third-order valence-corrected chi connectivity index (χ3v) is 16.7. The van der Waals surface area contributed by atoms with Gasteiger partial charge in [-0.05, 0) is 0 Å². The van der Waals surface area contributed by atoms with E-state index in [0.29, 0.717) is 6.04 Å². The predicted molar refractivity (Wildman–Crippen MR) is 77.8 cm³/mol. The van der Waals surface area contributed by atoms with Gasteiger partial charge in [0.05, 0.1) is 0 Å². The molecule has 0 aromatic rings. The van der Waals surface area contributed by atoms with Crippen molar-refractivity contribution in [2.45, 2.75) is 72.0 Å². The molecule has 0 amide bonds. The molecule has 2 heteroatoms. The van der Waals surface area contributed by atoms with Crippen LogP contribution < -0.4 is 0 Å². The minimum atomic E-state index is -1.20. The van der Waals surface area contributed by atoms with Crippen LogP contribution in [0, 0.1) is 0 Å². The van der Waals surface area contributed by atoms with Gasteiger partial charge in [0.15, 0.2) is 0 Å². The predicted octanol–water partition coefficient (Wildman–Crippen LogP) is 4.42. The van der Waals surface area contributed by atoms with E-state index in [9.17, 15) is 0 Å². The molecule has 16 heavy (non-hydrogen) atoms. The molecule has 0 aliphatic heterocycles. The fraction of sp³-hybridized carbons (Fsp3) is 1.00. The second-order valence-electron chi connectivity index (χ2n) is 6.22. The Hall–Kier alpha value is 0.830. The van der Waals surface area contributed by atoms with E-state index < -0.39 is 21.4 Å². The van der Waals surface area contributed by atoms with E-state index in [0.717, 1.165) is 7.35 Å². The fourth-order valence-electron chi connectivity index (χ4n) is 2.44. The molecule has 0 spiro atoms. The van der Waals surface area contributed by atoms with Crippen LogP contribution in [0.1, 0.15) is 54.4 Å². The molecule has 0 N–H and O–H groups in total. The summed E-state index contributed by atoms with van der Waals surface area (Å²) < 4.78 is 3.71.